The average Bonchev–Trinajstić information content (AvgIpc) is 2.01. The van der Waals surface area contributed by atoms with E-state index >= 15 is 0 Å². The van der Waals surface area contributed by atoms with Gasteiger partial charge in [0, 0.05) is 0 Å². The van der Waals surface area contributed by atoms with E-state index in [9.17, 15) is 8.42 Å². The predicted molar refractivity (Wildman–Crippen MR) is 48.6 cm³/mol. The van der Waals surface area contributed by atoms with Crippen LogP contribution in [-0.2, 0) is 10.0 Å². The predicted octanol–water partition coefficient (Wildman–Crippen LogP) is -1.32. The van der Waals surface area contributed by atoms with E-state index in [2.05, 4.69) is 4.65 Å². The van der Waals surface area contributed by atoms with E-state index in [0.717, 1.165) is 0 Å². The number of hydrogen-bond donors (Lipinski definition) is 3. The lowest BCUT2D eigenvalue weighted by Crippen LogP contribution is -2.23. The van der Waals surface area contributed by atoms with Gasteiger partial charge in [-0.2, -0.15) is 0 Å². The summed E-state index contributed by atoms with van der Waals surface area (Å²) in [6.07, 6.45) is 0. The van der Waals surface area contributed by atoms with Crippen LogP contribution < -0.4 is 9.79 Å². The number of benzene rings is 1. The number of primary sulfonamides is 1. The SMILES string of the molecule is NS(=O)(=O)c1ccccc1OB(O)O. The van der Waals surface area contributed by atoms with Gasteiger partial charge in [-0.3, -0.25) is 0 Å². The average molecular weight is 217 g/mol. The van der Waals surface area contributed by atoms with Gasteiger partial charge in [0.25, 0.3) is 0 Å². The molecule has 0 aromatic heterocycles. The molecule has 76 valence electrons. The first-order chi connectivity index (χ1) is 6.41. The Kier molecular flexibility index (Phi) is 3.12. The summed E-state index contributed by atoms with van der Waals surface area (Å²) in [7, 11) is -6.01. The van der Waals surface area contributed by atoms with Crippen molar-refractivity contribution in [2.24, 2.45) is 5.14 Å². The van der Waals surface area contributed by atoms with Crippen LogP contribution in [0.15, 0.2) is 29.2 Å². The lowest BCUT2D eigenvalue weighted by Gasteiger charge is -2.08. The Hall–Kier alpha value is -1.09. The molecular weight excluding hydrogens is 209 g/mol. The van der Waals surface area contributed by atoms with Crippen LogP contribution in [0.4, 0.5) is 0 Å². The number of nitrogens with two attached hydrogens (primary N) is 1. The Bertz CT molecular complexity index is 418. The smallest absolute Gasteiger partial charge is 0.511 e. The van der Waals surface area contributed by atoms with Crippen LogP contribution in [-0.4, -0.2) is 25.8 Å². The summed E-state index contributed by atoms with van der Waals surface area (Å²) in [5, 5.41) is 21.8. The second-order valence-electron chi connectivity index (χ2n) is 2.44. The van der Waals surface area contributed by atoms with Crippen LogP contribution in [0.1, 0.15) is 0 Å². The highest BCUT2D eigenvalue weighted by Gasteiger charge is 2.19. The molecule has 0 aliphatic carbocycles. The summed E-state index contributed by atoms with van der Waals surface area (Å²) >= 11 is 0. The summed E-state index contributed by atoms with van der Waals surface area (Å²) in [6.45, 7) is 0. The molecule has 1 rings (SSSR count). The van der Waals surface area contributed by atoms with E-state index in [1.54, 1.807) is 0 Å². The van der Waals surface area contributed by atoms with E-state index in [1.807, 2.05) is 0 Å². The first-order valence-electron chi connectivity index (χ1n) is 3.56. The van der Waals surface area contributed by atoms with Gasteiger partial charge in [-0.15, -0.1) is 0 Å². The first-order valence-corrected chi connectivity index (χ1v) is 5.10. The summed E-state index contributed by atoms with van der Waals surface area (Å²) in [5.41, 5.74) is 0. The molecule has 0 fully saturated rings. The summed E-state index contributed by atoms with van der Waals surface area (Å²) in [5.74, 6) is -0.204. The van der Waals surface area contributed by atoms with Crippen molar-refractivity contribution in [2.75, 3.05) is 0 Å². The van der Waals surface area contributed by atoms with Crippen LogP contribution in [0.5, 0.6) is 5.75 Å². The third kappa shape index (κ3) is 2.71. The van der Waals surface area contributed by atoms with Crippen LogP contribution >= 0.6 is 0 Å². The van der Waals surface area contributed by atoms with Crippen molar-refractivity contribution >= 4 is 17.3 Å². The summed E-state index contributed by atoms with van der Waals surface area (Å²) in [4.78, 5) is -0.298. The molecule has 0 aliphatic heterocycles. The molecule has 14 heavy (non-hydrogen) atoms. The monoisotopic (exact) mass is 217 g/mol. The van der Waals surface area contributed by atoms with Crippen molar-refractivity contribution in [3.63, 3.8) is 0 Å². The molecular formula is C6H8BNO5S. The fourth-order valence-corrected chi connectivity index (χ4v) is 1.56. The summed E-state index contributed by atoms with van der Waals surface area (Å²) in [6, 6.07) is 5.38. The fourth-order valence-electron chi connectivity index (χ4n) is 0.896. The third-order valence-corrected chi connectivity index (χ3v) is 2.34. The fraction of sp³-hybridized carbons (Fsp3) is 0. The molecule has 6 nitrogen and oxygen atoms in total. The van der Waals surface area contributed by atoms with Gasteiger partial charge in [-0.25, -0.2) is 13.6 Å². The van der Waals surface area contributed by atoms with Crippen LogP contribution in [0.3, 0.4) is 0 Å². The molecule has 0 saturated heterocycles. The quantitative estimate of drug-likeness (QED) is 0.544. The van der Waals surface area contributed by atoms with Gasteiger partial charge in [0.15, 0.2) is 0 Å². The molecule has 0 amide bonds. The Balaban J connectivity index is 3.17. The zero-order valence-electron chi connectivity index (χ0n) is 6.99. The molecule has 0 bridgehead atoms. The minimum Gasteiger partial charge on any atom is -0.511 e. The molecule has 0 radical (unpaired) electrons. The minimum atomic E-state index is -3.93. The van der Waals surface area contributed by atoms with Gasteiger partial charge in [0.2, 0.25) is 10.0 Å². The lowest BCUT2D eigenvalue weighted by molar-refractivity contribution is 0.285. The molecule has 0 saturated carbocycles. The van der Waals surface area contributed by atoms with Gasteiger partial charge in [0.1, 0.15) is 10.6 Å². The molecule has 0 atom stereocenters. The Labute approximate surface area is 81.2 Å². The van der Waals surface area contributed by atoms with Crippen molar-refractivity contribution in [1.29, 1.82) is 0 Å². The molecule has 1 aromatic carbocycles. The first kappa shape index (κ1) is 11.0. The second-order valence-corrected chi connectivity index (χ2v) is 3.97. The molecule has 8 heteroatoms. The van der Waals surface area contributed by atoms with E-state index in [-0.39, 0.29) is 10.6 Å². The zero-order valence-corrected chi connectivity index (χ0v) is 7.81. The highest BCUT2D eigenvalue weighted by molar-refractivity contribution is 7.89. The van der Waals surface area contributed by atoms with E-state index in [4.69, 9.17) is 15.2 Å². The van der Waals surface area contributed by atoms with Crippen molar-refractivity contribution < 1.29 is 23.1 Å². The molecule has 0 spiro atoms. The van der Waals surface area contributed by atoms with E-state index < -0.39 is 17.3 Å². The highest BCUT2D eigenvalue weighted by Crippen LogP contribution is 2.21. The molecule has 1 aromatic rings. The number of sulfonamides is 1. The van der Waals surface area contributed by atoms with Crippen molar-refractivity contribution in [2.45, 2.75) is 4.90 Å². The van der Waals surface area contributed by atoms with Crippen molar-refractivity contribution in [1.82, 2.24) is 0 Å². The lowest BCUT2D eigenvalue weighted by atomic mass is 10.2. The van der Waals surface area contributed by atoms with E-state index in [0.29, 0.717) is 0 Å². The van der Waals surface area contributed by atoms with Gasteiger partial charge in [-0.05, 0) is 12.1 Å². The van der Waals surface area contributed by atoms with Crippen LogP contribution in [0.25, 0.3) is 0 Å². The van der Waals surface area contributed by atoms with Crippen LogP contribution in [0, 0.1) is 0 Å². The maximum absolute atomic E-state index is 11.0. The molecule has 4 N–H and O–H groups in total. The number of para-hydroxylation sites is 1. The maximum Gasteiger partial charge on any atom is 0.707 e. The van der Waals surface area contributed by atoms with Crippen molar-refractivity contribution in [3.05, 3.63) is 24.3 Å². The van der Waals surface area contributed by atoms with Crippen molar-refractivity contribution in [3.8, 4) is 5.75 Å². The molecule has 0 unspecified atom stereocenters. The topological polar surface area (TPSA) is 110 Å². The highest BCUT2D eigenvalue weighted by atomic mass is 32.2. The van der Waals surface area contributed by atoms with Gasteiger partial charge in [0.05, 0.1) is 0 Å². The summed E-state index contributed by atoms with van der Waals surface area (Å²) < 4.78 is 26.4. The van der Waals surface area contributed by atoms with Gasteiger partial charge in [-0.1, -0.05) is 12.1 Å². The Morgan fingerprint density at radius 3 is 2.36 bits per heavy atom. The third-order valence-electron chi connectivity index (χ3n) is 1.39. The van der Waals surface area contributed by atoms with E-state index in [1.165, 1.54) is 24.3 Å². The number of hydrogen-bond acceptors (Lipinski definition) is 5. The van der Waals surface area contributed by atoms with Gasteiger partial charge < -0.3 is 14.7 Å². The zero-order chi connectivity index (χ0) is 10.8. The molecule has 0 heterocycles. The Morgan fingerprint density at radius 2 is 1.86 bits per heavy atom. The normalized spacial score (nSPS) is 11.1. The minimum absolute atomic E-state index is 0.204. The molecule has 0 aliphatic rings. The van der Waals surface area contributed by atoms with Crippen LogP contribution in [0.2, 0.25) is 0 Å². The number of rotatable bonds is 3. The Morgan fingerprint density at radius 1 is 1.29 bits per heavy atom. The maximum atomic E-state index is 11.0. The standard InChI is InChI=1S/C6H8BNO5S/c8-14(11,12)6-4-2-1-3-5(6)13-7(9)10/h1-4,9-10H,(H2,8,11,12). The second kappa shape index (κ2) is 3.97. The van der Waals surface area contributed by atoms with Gasteiger partial charge >= 0.3 is 7.32 Å². The largest absolute Gasteiger partial charge is 0.707 e.